The summed E-state index contributed by atoms with van der Waals surface area (Å²) in [5, 5.41) is 11.5. The van der Waals surface area contributed by atoms with Crippen LogP contribution in [0, 0.1) is 10.1 Å². The smallest absolute Gasteiger partial charge is 0.312 e. The Balaban J connectivity index is 1.88. The van der Waals surface area contributed by atoms with E-state index in [9.17, 15) is 18.5 Å². The molecular weight excluding hydrogens is 384 g/mol. The summed E-state index contributed by atoms with van der Waals surface area (Å²) in [5.74, 6) is 1.03. The highest BCUT2D eigenvalue weighted by Crippen LogP contribution is 2.35. The van der Waals surface area contributed by atoms with Crippen molar-refractivity contribution in [2.24, 2.45) is 0 Å². The van der Waals surface area contributed by atoms with Crippen LogP contribution in [0.3, 0.4) is 0 Å². The molecule has 0 aromatic heterocycles. The van der Waals surface area contributed by atoms with E-state index in [1.54, 1.807) is 24.3 Å². The van der Waals surface area contributed by atoms with Gasteiger partial charge in [-0.2, -0.15) is 4.31 Å². The Morgan fingerprint density at radius 1 is 1.04 bits per heavy atom. The maximum absolute atomic E-state index is 12.8. The fourth-order valence-corrected chi connectivity index (χ4v) is 4.58. The minimum absolute atomic E-state index is 0.0215. The molecule has 28 heavy (non-hydrogen) atoms. The molecule has 3 rings (SSSR count). The van der Waals surface area contributed by atoms with Gasteiger partial charge in [0.05, 0.1) is 16.4 Å². The van der Waals surface area contributed by atoms with Gasteiger partial charge in [0.15, 0.2) is 0 Å². The molecule has 0 bridgehead atoms. The van der Waals surface area contributed by atoms with Crippen LogP contribution in [0.1, 0.15) is 26.2 Å². The van der Waals surface area contributed by atoms with Crippen molar-refractivity contribution < 1.29 is 22.8 Å². The number of nitro benzene ring substituents is 1. The zero-order valence-corrected chi connectivity index (χ0v) is 16.4. The van der Waals surface area contributed by atoms with Crippen molar-refractivity contribution in [3.05, 3.63) is 52.6 Å². The Hall–Kier alpha value is -2.65. The Bertz CT molecular complexity index is 937. The zero-order chi connectivity index (χ0) is 20.1. The predicted molar refractivity (Wildman–Crippen MR) is 103 cm³/mol. The first-order chi connectivity index (χ1) is 13.4. The molecule has 0 N–H and O–H groups in total. The number of nitro groups is 1. The maximum atomic E-state index is 12.8. The minimum atomic E-state index is -3.76. The molecule has 9 heteroatoms. The largest absolute Gasteiger partial charge is 0.494 e. The summed E-state index contributed by atoms with van der Waals surface area (Å²) >= 11 is 0. The van der Waals surface area contributed by atoms with E-state index in [0.29, 0.717) is 31.2 Å². The molecule has 8 nitrogen and oxygen atoms in total. The number of piperidine rings is 1. The topological polar surface area (TPSA) is 99.0 Å². The van der Waals surface area contributed by atoms with Crippen LogP contribution in [0.15, 0.2) is 47.4 Å². The highest BCUT2D eigenvalue weighted by atomic mass is 32.2. The molecule has 0 amide bonds. The molecule has 0 spiro atoms. The molecule has 0 atom stereocenters. The molecule has 150 valence electrons. The lowest BCUT2D eigenvalue weighted by molar-refractivity contribution is -0.385. The van der Waals surface area contributed by atoms with Gasteiger partial charge in [0, 0.05) is 19.2 Å². The average Bonchev–Trinajstić information content (AvgIpc) is 2.70. The van der Waals surface area contributed by atoms with Crippen molar-refractivity contribution in [1.82, 2.24) is 4.31 Å². The molecule has 2 aromatic rings. The first kappa shape index (κ1) is 20.1. The van der Waals surface area contributed by atoms with Gasteiger partial charge in [-0.05, 0) is 56.2 Å². The summed E-state index contributed by atoms with van der Waals surface area (Å²) in [5.41, 5.74) is -0.396. The van der Waals surface area contributed by atoms with E-state index < -0.39 is 20.6 Å². The fourth-order valence-electron chi connectivity index (χ4n) is 3.04. The summed E-state index contributed by atoms with van der Waals surface area (Å²) in [6.07, 6.45) is 2.57. The first-order valence-corrected chi connectivity index (χ1v) is 10.5. The molecule has 0 aliphatic carbocycles. The zero-order valence-electron chi connectivity index (χ0n) is 15.5. The van der Waals surface area contributed by atoms with Crippen molar-refractivity contribution in [1.29, 1.82) is 0 Å². The Labute approximate surface area is 163 Å². The quantitative estimate of drug-likeness (QED) is 0.510. The number of nitrogens with zero attached hydrogens (tertiary/aromatic N) is 2. The monoisotopic (exact) mass is 406 g/mol. The molecule has 1 aliphatic heterocycles. The van der Waals surface area contributed by atoms with Crippen molar-refractivity contribution in [2.75, 3.05) is 19.7 Å². The van der Waals surface area contributed by atoms with Gasteiger partial charge in [-0.3, -0.25) is 10.1 Å². The van der Waals surface area contributed by atoms with E-state index in [0.717, 1.165) is 25.3 Å². The second-order valence-electron chi connectivity index (χ2n) is 6.36. The van der Waals surface area contributed by atoms with Gasteiger partial charge in [0.25, 0.3) is 0 Å². The normalized spacial score (nSPS) is 15.2. The van der Waals surface area contributed by atoms with E-state index in [4.69, 9.17) is 9.47 Å². The second-order valence-corrected chi connectivity index (χ2v) is 8.30. The first-order valence-electron chi connectivity index (χ1n) is 9.11. The summed E-state index contributed by atoms with van der Waals surface area (Å²) < 4.78 is 37.9. The lowest BCUT2D eigenvalue weighted by Crippen LogP contribution is -2.35. The molecule has 0 unspecified atom stereocenters. The molecule has 0 saturated carbocycles. The Kier molecular flexibility index (Phi) is 6.15. The Morgan fingerprint density at radius 3 is 2.29 bits per heavy atom. The van der Waals surface area contributed by atoms with E-state index in [2.05, 4.69) is 0 Å². The SMILES string of the molecule is CCOc1ccc(Oc2ccc(S(=O)(=O)N3CCCCC3)cc2[N+](=O)[O-])cc1. The van der Waals surface area contributed by atoms with E-state index >= 15 is 0 Å². The second kappa shape index (κ2) is 8.57. The standard InChI is InChI=1S/C19H22N2O6S/c1-2-26-15-6-8-16(9-7-15)27-19-11-10-17(14-18(19)21(22)23)28(24,25)20-12-4-3-5-13-20/h6-11,14H,2-5,12-13H2,1H3. The van der Waals surface area contributed by atoms with Crippen LogP contribution in [-0.4, -0.2) is 37.3 Å². The average molecular weight is 406 g/mol. The summed E-state index contributed by atoms with van der Waals surface area (Å²) in [4.78, 5) is 10.8. The van der Waals surface area contributed by atoms with Crippen LogP contribution in [0.2, 0.25) is 0 Å². The van der Waals surface area contributed by atoms with Crippen LogP contribution in [0.25, 0.3) is 0 Å². The van der Waals surface area contributed by atoms with E-state index in [1.807, 2.05) is 6.92 Å². The molecule has 2 aromatic carbocycles. The highest BCUT2D eigenvalue weighted by molar-refractivity contribution is 7.89. The van der Waals surface area contributed by atoms with Crippen LogP contribution in [0.4, 0.5) is 5.69 Å². The van der Waals surface area contributed by atoms with Gasteiger partial charge >= 0.3 is 5.69 Å². The van der Waals surface area contributed by atoms with Crippen molar-refractivity contribution in [3.63, 3.8) is 0 Å². The third-order valence-corrected chi connectivity index (χ3v) is 6.34. The van der Waals surface area contributed by atoms with Gasteiger partial charge in [0.2, 0.25) is 15.8 Å². The molecular formula is C19H22N2O6S. The summed E-state index contributed by atoms with van der Waals surface area (Å²) in [7, 11) is -3.76. The highest BCUT2D eigenvalue weighted by Gasteiger charge is 2.29. The molecule has 1 fully saturated rings. The summed E-state index contributed by atoms with van der Waals surface area (Å²) in [6.45, 7) is 3.26. The molecule has 1 saturated heterocycles. The van der Waals surface area contributed by atoms with Gasteiger partial charge in [0.1, 0.15) is 11.5 Å². The lowest BCUT2D eigenvalue weighted by atomic mass is 10.2. The lowest BCUT2D eigenvalue weighted by Gasteiger charge is -2.25. The number of benzene rings is 2. The third-order valence-electron chi connectivity index (χ3n) is 4.44. The molecule has 1 aliphatic rings. The van der Waals surface area contributed by atoms with Crippen molar-refractivity contribution in [3.8, 4) is 17.2 Å². The van der Waals surface area contributed by atoms with E-state index in [1.165, 1.54) is 16.4 Å². The number of rotatable bonds is 7. The minimum Gasteiger partial charge on any atom is -0.494 e. The van der Waals surface area contributed by atoms with Crippen LogP contribution in [-0.2, 0) is 10.0 Å². The number of ether oxygens (including phenoxy) is 2. The van der Waals surface area contributed by atoms with E-state index in [-0.39, 0.29) is 10.6 Å². The van der Waals surface area contributed by atoms with Gasteiger partial charge in [-0.1, -0.05) is 6.42 Å². The third kappa shape index (κ3) is 4.42. The van der Waals surface area contributed by atoms with Crippen LogP contribution < -0.4 is 9.47 Å². The van der Waals surface area contributed by atoms with Gasteiger partial charge in [-0.25, -0.2) is 8.42 Å². The fraction of sp³-hybridized carbons (Fsp3) is 0.368. The van der Waals surface area contributed by atoms with Crippen LogP contribution >= 0.6 is 0 Å². The number of sulfonamides is 1. The van der Waals surface area contributed by atoms with Gasteiger partial charge < -0.3 is 9.47 Å². The predicted octanol–water partition coefficient (Wildman–Crippen LogP) is 3.96. The number of hydrogen-bond acceptors (Lipinski definition) is 6. The Morgan fingerprint density at radius 2 is 1.68 bits per heavy atom. The molecule has 1 heterocycles. The maximum Gasteiger partial charge on any atom is 0.312 e. The van der Waals surface area contributed by atoms with Crippen LogP contribution in [0.5, 0.6) is 17.2 Å². The van der Waals surface area contributed by atoms with Crippen molar-refractivity contribution >= 4 is 15.7 Å². The van der Waals surface area contributed by atoms with Crippen molar-refractivity contribution in [2.45, 2.75) is 31.1 Å². The number of hydrogen-bond donors (Lipinski definition) is 0. The van der Waals surface area contributed by atoms with Gasteiger partial charge in [-0.15, -0.1) is 0 Å². The summed E-state index contributed by atoms with van der Waals surface area (Å²) in [6, 6.07) is 10.4. The molecule has 0 radical (unpaired) electrons.